The van der Waals surface area contributed by atoms with Crippen molar-refractivity contribution in [3.63, 3.8) is 0 Å². The van der Waals surface area contributed by atoms with Crippen molar-refractivity contribution in [1.29, 1.82) is 0 Å². The summed E-state index contributed by atoms with van der Waals surface area (Å²) in [6.07, 6.45) is -6.13. The van der Waals surface area contributed by atoms with Crippen LogP contribution in [0.25, 0.3) is 0 Å². The number of alkyl halides is 3. The summed E-state index contributed by atoms with van der Waals surface area (Å²) in [6, 6.07) is 7.05. The average Bonchev–Trinajstić information content (AvgIpc) is 2.50. The van der Waals surface area contributed by atoms with Crippen LogP contribution in [0.1, 0.15) is 17.2 Å². The van der Waals surface area contributed by atoms with Crippen molar-refractivity contribution in [2.45, 2.75) is 17.2 Å². The van der Waals surface area contributed by atoms with E-state index in [9.17, 15) is 26.7 Å². The Morgan fingerprint density at radius 1 is 1.15 bits per heavy atom. The maximum Gasteiger partial charge on any atom is 0.417 e. The molecule has 26 heavy (non-hydrogen) atoms. The second-order valence-electron chi connectivity index (χ2n) is 5.29. The number of hydrogen-bond acceptors (Lipinski definition) is 4. The van der Waals surface area contributed by atoms with Gasteiger partial charge in [-0.15, -0.1) is 0 Å². The molecule has 0 aromatic heterocycles. The molecule has 0 spiro atoms. The van der Waals surface area contributed by atoms with Crippen LogP contribution in [0.3, 0.4) is 0 Å². The van der Waals surface area contributed by atoms with E-state index in [0.717, 1.165) is 12.1 Å². The predicted molar refractivity (Wildman–Crippen MR) is 92.7 cm³/mol. The van der Waals surface area contributed by atoms with E-state index in [4.69, 9.17) is 28.3 Å². The third-order valence-electron chi connectivity index (χ3n) is 3.42. The van der Waals surface area contributed by atoms with Gasteiger partial charge in [0.15, 0.2) is 0 Å². The van der Waals surface area contributed by atoms with E-state index in [0.29, 0.717) is 6.07 Å². The molecule has 1 atom stereocenters. The number of primary sulfonamides is 1. The van der Waals surface area contributed by atoms with Crippen LogP contribution in [0.2, 0.25) is 10.0 Å². The molecule has 1 unspecified atom stereocenters. The lowest BCUT2D eigenvalue weighted by atomic mass is 10.1. The van der Waals surface area contributed by atoms with E-state index >= 15 is 0 Å². The third-order valence-corrected chi connectivity index (χ3v) is 5.05. The summed E-state index contributed by atoms with van der Waals surface area (Å²) in [5, 5.41) is 18.0. The molecule has 142 valence electrons. The summed E-state index contributed by atoms with van der Waals surface area (Å²) in [5.74, 6) is 0. The maximum atomic E-state index is 13.1. The molecule has 0 aliphatic carbocycles. The van der Waals surface area contributed by atoms with E-state index in [1.54, 1.807) is 6.07 Å². The van der Waals surface area contributed by atoms with Crippen molar-refractivity contribution in [2.75, 3.05) is 11.9 Å². The summed E-state index contributed by atoms with van der Waals surface area (Å²) < 4.78 is 61.9. The van der Waals surface area contributed by atoms with Gasteiger partial charge in [0.05, 0.1) is 16.6 Å². The summed E-state index contributed by atoms with van der Waals surface area (Å²) in [7, 11) is -4.55. The molecule has 2 aromatic rings. The molecular weight excluding hydrogens is 416 g/mol. The first-order chi connectivity index (χ1) is 11.9. The number of halogens is 5. The average molecular weight is 429 g/mol. The number of anilines is 1. The van der Waals surface area contributed by atoms with Gasteiger partial charge in [0.1, 0.15) is 0 Å². The second-order valence-corrected chi connectivity index (χ2v) is 7.63. The van der Waals surface area contributed by atoms with Crippen LogP contribution in [-0.2, 0) is 16.2 Å². The summed E-state index contributed by atoms with van der Waals surface area (Å²) in [5.41, 5.74) is -1.25. The lowest BCUT2D eigenvalue weighted by Crippen LogP contribution is -2.20. The SMILES string of the molecule is NS(=O)(=O)c1ccc(NCC(O)c2c(Cl)cccc2Cl)cc1C(F)(F)F. The first kappa shape index (κ1) is 20.8. The zero-order valence-corrected chi connectivity index (χ0v) is 15.2. The minimum atomic E-state index is -4.93. The summed E-state index contributed by atoms with van der Waals surface area (Å²) in [4.78, 5) is -1.04. The lowest BCUT2D eigenvalue weighted by Gasteiger charge is -2.17. The highest BCUT2D eigenvalue weighted by molar-refractivity contribution is 7.89. The molecule has 11 heteroatoms. The largest absolute Gasteiger partial charge is 0.417 e. The topological polar surface area (TPSA) is 92.4 Å². The van der Waals surface area contributed by atoms with Crippen LogP contribution >= 0.6 is 23.2 Å². The Balaban J connectivity index is 2.28. The number of sulfonamides is 1. The van der Waals surface area contributed by atoms with E-state index in [1.807, 2.05) is 0 Å². The van der Waals surface area contributed by atoms with Crippen LogP contribution in [-0.4, -0.2) is 20.1 Å². The molecule has 0 fully saturated rings. The molecule has 2 aromatic carbocycles. The van der Waals surface area contributed by atoms with E-state index in [2.05, 4.69) is 5.32 Å². The Hall–Kier alpha value is -1.52. The highest BCUT2D eigenvalue weighted by atomic mass is 35.5. The second kappa shape index (κ2) is 7.61. The number of nitrogens with one attached hydrogen (secondary N) is 1. The molecule has 4 N–H and O–H groups in total. The van der Waals surface area contributed by atoms with Gasteiger partial charge in [-0.3, -0.25) is 0 Å². The Morgan fingerprint density at radius 3 is 2.23 bits per heavy atom. The van der Waals surface area contributed by atoms with Gasteiger partial charge in [-0.25, -0.2) is 13.6 Å². The highest BCUT2D eigenvalue weighted by Gasteiger charge is 2.36. The molecule has 0 amide bonds. The van der Waals surface area contributed by atoms with E-state index in [1.165, 1.54) is 12.1 Å². The number of aliphatic hydroxyl groups excluding tert-OH is 1. The highest BCUT2D eigenvalue weighted by Crippen LogP contribution is 2.36. The van der Waals surface area contributed by atoms with Gasteiger partial charge in [-0.05, 0) is 30.3 Å². The number of hydrogen-bond donors (Lipinski definition) is 3. The number of rotatable bonds is 5. The Bertz CT molecular complexity index is 901. The van der Waals surface area contributed by atoms with Crippen molar-refractivity contribution in [3.05, 3.63) is 57.6 Å². The van der Waals surface area contributed by atoms with Gasteiger partial charge < -0.3 is 10.4 Å². The van der Waals surface area contributed by atoms with Gasteiger partial charge >= 0.3 is 6.18 Å². The van der Waals surface area contributed by atoms with Crippen LogP contribution in [0.15, 0.2) is 41.3 Å². The number of aliphatic hydroxyl groups is 1. The molecule has 0 aliphatic rings. The van der Waals surface area contributed by atoms with Gasteiger partial charge in [0.2, 0.25) is 10.0 Å². The molecule has 2 rings (SSSR count). The molecule has 0 radical (unpaired) electrons. The monoisotopic (exact) mass is 428 g/mol. The van der Waals surface area contributed by atoms with Crippen molar-refractivity contribution in [2.24, 2.45) is 5.14 Å². The molecular formula is C15H13Cl2F3N2O3S. The quantitative estimate of drug-likeness (QED) is 0.674. The van der Waals surface area contributed by atoms with Gasteiger partial charge in [0, 0.05) is 27.8 Å². The summed E-state index contributed by atoms with van der Waals surface area (Å²) in [6.45, 7) is -0.213. The molecule has 0 saturated carbocycles. The van der Waals surface area contributed by atoms with E-state index in [-0.39, 0.29) is 27.8 Å². The van der Waals surface area contributed by atoms with Gasteiger partial charge in [0.25, 0.3) is 0 Å². The minimum absolute atomic E-state index is 0.0630. The van der Waals surface area contributed by atoms with E-state index < -0.39 is 32.8 Å². The first-order valence-corrected chi connectivity index (χ1v) is 9.31. The maximum absolute atomic E-state index is 13.1. The van der Waals surface area contributed by atoms with Crippen molar-refractivity contribution in [1.82, 2.24) is 0 Å². The fourth-order valence-corrected chi connectivity index (χ4v) is 3.64. The molecule has 0 bridgehead atoms. The molecule has 5 nitrogen and oxygen atoms in total. The zero-order chi connectivity index (χ0) is 19.7. The Kier molecular flexibility index (Phi) is 6.09. The Morgan fingerprint density at radius 2 is 1.73 bits per heavy atom. The molecule has 0 aliphatic heterocycles. The fraction of sp³-hybridized carbons (Fsp3) is 0.200. The van der Waals surface area contributed by atoms with Crippen LogP contribution in [0.5, 0.6) is 0 Å². The zero-order valence-electron chi connectivity index (χ0n) is 12.9. The van der Waals surface area contributed by atoms with Crippen molar-refractivity contribution >= 4 is 38.9 Å². The number of benzene rings is 2. The van der Waals surface area contributed by atoms with Crippen LogP contribution < -0.4 is 10.5 Å². The first-order valence-electron chi connectivity index (χ1n) is 7.01. The summed E-state index contributed by atoms with van der Waals surface area (Å²) >= 11 is 11.9. The van der Waals surface area contributed by atoms with Crippen molar-refractivity contribution < 1.29 is 26.7 Å². The standard InChI is InChI=1S/C15H13Cl2F3N2O3S/c16-10-2-1-3-11(17)14(10)12(23)7-22-8-4-5-13(26(21,24)25)9(6-8)15(18,19)20/h1-6,12,22-23H,7H2,(H2,21,24,25). The normalized spacial score (nSPS) is 13.5. The fourth-order valence-electron chi connectivity index (χ4n) is 2.26. The predicted octanol–water partition coefficient (Wildman–Crippen LogP) is 3.81. The third kappa shape index (κ3) is 4.80. The lowest BCUT2D eigenvalue weighted by molar-refractivity contribution is -0.139. The Labute approximate surface area is 157 Å². The van der Waals surface area contributed by atoms with Gasteiger partial charge in [-0.1, -0.05) is 29.3 Å². The molecule has 0 heterocycles. The van der Waals surface area contributed by atoms with Crippen LogP contribution in [0, 0.1) is 0 Å². The smallest absolute Gasteiger partial charge is 0.386 e. The van der Waals surface area contributed by atoms with Gasteiger partial charge in [-0.2, -0.15) is 13.2 Å². The number of nitrogens with two attached hydrogens (primary N) is 1. The van der Waals surface area contributed by atoms with Crippen LogP contribution in [0.4, 0.5) is 18.9 Å². The van der Waals surface area contributed by atoms with Crippen molar-refractivity contribution in [3.8, 4) is 0 Å². The minimum Gasteiger partial charge on any atom is -0.386 e. The molecule has 0 saturated heterocycles.